The molecule has 0 unspecified atom stereocenters. The number of carbonyl (C=O) groups excluding carboxylic acids is 2. The Morgan fingerprint density at radius 1 is 1.22 bits per heavy atom. The van der Waals surface area contributed by atoms with Crippen LogP contribution in [0.1, 0.15) is 27.7 Å². The van der Waals surface area contributed by atoms with E-state index < -0.39 is 17.7 Å². The Hall–Kier alpha value is -1.98. The normalized spacial score (nSPS) is 12.7. The third-order valence-corrected chi connectivity index (χ3v) is 1.97. The molecule has 0 spiro atoms. The van der Waals surface area contributed by atoms with Crippen molar-refractivity contribution in [1.82, 2.24) is 9.99 Å². The van der Waals surface area contributed by atoms with Crippen LogP contribution in [0.25, 0.3) is 0 Å². The Morgan fingerprint density at radius 2 is 1.78 bits per heavy atom. The summed E-state index contributed by atoms with van der Waals surface area (Å²) < 4.78 is 6.57. The molecule has 1 atom stereocenters. The van der Waals surface area contributed by atoms with E-state index in [1.54, 1.807) is 52.2 Å². The first-order valence-corrected chi connectivity index (χ1v) is 5.71. The molecule has 6 nitrogen and oxygen atoms in total. The summed E-state index contributed by atoms with van der Waals surface area (Å²) in [7, 11) is 0. The van der Waals surface area contributed by atoms with E-state index in [1.165, 1.54) is 4.68 Å². The van der Waals surface area contributed by atoms with Crippen LogP contribution in [-0.2, 0) is 9.53 Å². The van der Waals surface area contributed by atoms with Crippen molar-refractivity contribution in [3.8, 4) is 0 Å². The van der Waals surface area contributed by atoms with Gasteiger partial charge in [-0.05, 0) is 39.8 Å². The van der Waals surface area contributed by atoms with Crippen molar-refractivity contribution in [3.63, 3.8) is 0 Å². The van der Waals surface area contributed by atoms with Gasteiger partial charge < -0.3 is 10.1 Å². The molecule has 0 aliphatic rings. The molecule has 1 heterocycles. The van der Waals surface area contributed by atoms with Gasteiger partial charge in [-0.3, -0.25) is 14.9 Å². The number of hydrogen-bond donors (Lipinski definition) is 2. The molecule has 0 aliphatic carbocycles. The molecule has 1 aromatic rings. The molecule has 0 aliphatic heterocycles. The summed E-state index contributed by atoms with van der Waals surface area (Å²) in [5.41, 5.74) is 2.01. The van der Waals surface area contributed by atoms with Gasteiger partial charge in [0.05, 0.1) is 0 Å². The predicted octanol–water partition coefficient (Wildman–Crippen LogP) is 1.47. The number of nitrogens with one attached hydrogen (secondary N) is 2. The van der Waals surface area contributed by atoms with E-state index in [2.05, 4.69) is 10.7 Å². The van der Waals surface area contributed by atoms with E-state index in [1.807, 2.05) is 0 Å². The summed E-state index contributed by atoms with van der Waals surface area (Å²) >= 11 is 0. The minimum atomic E-state index is -0.678. The number of amides is 2. The zero-order valence-corrected chi connectivity index (χ0v) is 11.1. The second-order valence-corrected chi connectivity index (χ2v) is 4.93. The highest BCUT2D eigenvalue weighted by Gasteiger charge is 2.20. The quantitative estimate of drug-likeness (QED) is 0.856. The molecule has 2 N–H and O–H groups in total. The average Bonchev–Trinajstić information content (AvgIpc) is 2.66. The molecule has 1 rings (SSSR count). The van der Waals surface area contributed by atoms with E-state index in [0.29, 0.717) is 0 Å². The van der Waals surface area contributed by atoms with Gasteiger partial charge in [0.1, 0.15) is 11.6 Å². The highest BCUT2D eigenvalue weighted by atomic mass is 16.6. The molecule has 0 aromatic carbocycles. The molecule has 18 heavy (non-hydrogen) atoms. The summed E-state index contributed by atoms with van der Waals surface area (Å²) in [5, 5.41) is 2.46. The minimum Gasteiger partial charge on any atom is -0.444 e. The standard InChI is InChI=1S/C12H19N3O3/c1-9(13-11(17)18-12(2,3)4)10(16)14-15-7-5-6-8-15/h5-9H,1-4H3,(H,13,17)(H,14,16)/t9-/m0/s1. The molecule has 0 radical (unpaired) electrons. The van der Waals surface area contributed by atoms with Crippen molar-refractivity contribution in [3.05, 3.63) is 24.5 Å². The second kappa shape index (κ2) is 5.57. The van der Waals surface area contributed by atoms with E-state index >= 15 is 0 Å². The van der Waals surface area contributed by atoms with Crippen LogP contribution in [0.2, 0.25) is 0 Å². The van der Waals surface area contributed by atoms with Crippen LogP contribution in [0.5, 0.6) is 0 Å². The number of hydrogen-bond acceptors (Lipinski definition) is 3. The first kappa shape index (κ1) is 14.1. The molecule has 1 aromatic heterocycles. The largest absolute Gasteiger partial charge is 0.444 e. The van der Waals surface area contributed by atoms with Gasteiger partial charge in [-0.15, -0.1) is 0 Å². The average molecular weight is 253 g/mol. The van der Waals surface area contributed by atoms with E-state index in [4.69, 9.17) is 4.74 Å². The SMILES string of the molecule is C[C@H](NC(=O)OC(C)(C)C)C(=O)Nn1cccc1. The Bertz CT molecular complexity index is 407. The Morgan fingerprint density at radius 3 is 2.28 bits per heavy atom. The number of alkyl carbamates (subject to hydrolysis) is 1. The Kier molecular flexibility index (Phi) is 4.36. The lowest BCUT2D eigenvalue weighted by atomic mass is 10.2. The van der Waals surface area contributed by atoms with Gasteiger partial charge in [0, 0.05) is 12.4 Å². The third kappa shape index (κ3) is 4.90. The summed E-state index contributed by atoms with van der Waals surface area (Å²) in [6.07, 6.45) is 2.77. The van der Waals surface area contributed by atoms with Crippen LogP contribution in [0.4, 0.5) is 4.79 Å². The molecule has 6 heteroatoms. The fourth-order valence-corrected chi connectivity index (χ4v) is 1.18. The van der Waals surface area contributed by atoms with Gasteiger partial charge in [-0.1, -0.05) is 0 Å². The monoisotopic (exact) mass is 253 g/mol. The van der Waals surface area contributed by atoms with Gasteiger partial charge in [0.25, 0.3) is 5.91 Å². The molecule has 100 valence electrons. The summed E-state index contributed by atoms with van der Waals surface area (Å²) in [6.45, 7) is 6.87. The first-order chi connectivity index (χ1) is 8.28. The number of aromatic nitrogens is 1. The zero-order chi connectivity index (χ0) is 13.8. The van der Waals surface area contributed by atoms with Crippen molar-refractivity contribution in [2.24, 2.45) is 0 Å². The lowest BCUT2D eigenvalue weighted by Crippen LogP contribution is -2.45. The summed E-state index contributed by atoms with van der Waals surface area (Å²) in [5.74, 6) is -0.322. The molecule has 2 amide bonds. The molecular weight excluding hydrogens is 234 g/mol. The Balaban J connectivity index is 2.42. The zero-order valence-electron chi connectivity index (χ0n) is 11.1. The second-order valence-electron chi connectivity index (χ2n) is 4.93. The minimum absolute atomic E-state index is 0.322. The van der Waals surface area contributed by atoms with Crippen LogP contribution in [-0.4, -0.2) is 28.3 Å². The van der Waals surface area contributed by atoms with Gasteiger partial charge in [-0.25, -0.2) is 4.79 Å². The fraction of sp³-hybridized carbons (Fsp3) is 0.500. The number of rotatable bonds is 3. The van der Waals surface area contributed by atoms with Crippen LogP contribution in [0.3, 0.4) is 0 Å². The first-order valence-electron chi connectivity index (χ1n) is 5.71. The maximum absolute atomic E-state index is 11.7. The highest BCUT2D eigenvalue weighted by Crippen LogP contribution is 2.06. The van der Waals surface area contributed by atoms with Crippen molar-refractivity contribution >= 4 is 12.0 Å². The van der Waals surface area contributed by atoms with Crippen LogP contribution in [0.15, 0.2) is 24.5 Å². The summed E-state index contributed by atoms with van der Waals surface area (Å²) in [4.78, 5) is 23.2. The van der Waals surface area contributed by atoms with Gasteiger partial charge >= 0.3 is 6.09 Å². The lowest BCUT2D eigenvalue weighted by Gasteiger charge is -2.21. The number of carbonyl (C=O) groups is 2. The van der Waals surface area contributed by atoms with Crippen molar-refractivity contribution < 1.29 is 14.3 Å². The van der Waals surface area contributed by atoms with Gasteiger partial charge in [-0.2, -0.15) is 0 Å². The van der Waals surface area contributed by atoms with Gasteiger partial charge in [0.15, 0.2) is 0 Å². The highest BCUT2D eigenvalue weighted by molar-refractivity contribution is 5.90. The van der Waals surface area contributed by atoms with E-state index in [9.17, 15) is 9.59 Å². The van der Waals surface area contributed by atoms with Crippen molar-refractivity contribution in [2.45, 2.75) is 39.3 Å². The van der Waals surface area contributed by atoms with Crippen LogP contribution >= 0.6 is 0 Å². The summed E-state index contributed by atoms with van der Waals surface area (Å²) in [6, 6.07) is 2.89. The molecule has 0 bridgehead atoms. The van der Waals surface area contributed by atoms with E-state index in [-0.39, 0.29) is 5.91 Å². The fourth-order valence-electron chi connectivity index (χ4n) is 1.18. The third-order valence-electron chi connectivity index (χ3n) is 1.97. The smallest absolute Gasteiger partial charge is 0.408 e. The van der Waals surface area contributed by atoms with Crippen LogP contribution in [0, 0.1) is 0 Å². The van der Waals surface area contributed by atoms with E-state index in [0.717, 1.165) is 0 Å². The number of nitrogens with zero attached hydrogens (tertiary/aromatic N) is 1. The molecule has 0 fully saturated rings. The molecular formula is C12H19N3O3. The molecule has 0 saturated heterocycles. The van der Waals surface area contributed by atoms with Gasteiger partial charge in [0.2, 0.25) is 0 Å². The van der Waals surface area contributed by atoms with Crippen LogP contribution < -0.4 is 10.7 Å². The maximum Gasteiger partial charge on any atom is 0.408 e. The lowest BCUT2D eigenvalue weighted by molar-refractivity contribution is -0.118. The number of ether oxygens (including phenoxy) is 1. The topological polar surface area (TPSA) is 72.4 Å². The maximum atomic E-state index is 11.7. The van der Waals surface area contributed by atoms with Crippen molar-refractivity contribution in [2.75, 3.05) is 5.43 Å². The van der Waals surface area contributed by atoms with Crippen molar-refractivity contribution in [1.29, 1.82) is 0 Å². The molecule has 0 saturated carbocycles. The predicted molar refractivity (Wildman–Crippen MR) is 67.6 cm³/mol. The Labute approximate surface area is 106 Å².